The molecule has 2 aromatic carbocycles. The van der Waals surface area contributed by atoms with Crippen molar-refractivity contribution in [2.75, 3.05) is 32.2 Å². The summed E-state index contributed by atoms with van der Waals surface area (Å²) in [6, 6.07) is 15.9. The van der Waals surface area contributed by atoms with Gasteiger partial charge in [0, 0.05) is 30.4 Å². The Labute approximate surface area is 130 Å². The van der Waals surface area contributed by atoms with Crippen LogP contribution in [-0.4, -0.2) is 26.9 Å². The van der Waals surface area contributed by atoms with Crippen molar-refractivity contribution in [1.82, 2.24) is 0 Å². The number of nitrogens with one attached hydrogen (secondary N) is 1. The number of benzene rings is 2. The Morgan fingerprint density at radius 1 is 1.05 bits per heavy atom. The van der Waals surface area contributed by atoms with Crippen LogP contribution in [0.15, 0.2) is 48.5 Å². The van der Waals surface area contributed by atoms with Gasteiger partial charge in [0.15, 0.2) is 0 Å². The largest absolute Gasteiger partial charge is 0.491 e. The van der Waals surface area contributed by atoms with Crippen LogP contribution in [0.3, 0.4) is 0 Å². The lowest BCUT2D eigenvalue weighted by Crippen LogP contribution is -2.06. The first-order valence-electron chi connectivity index (χ1n) is 6.98. The number of hydrogen-bond donors (Lipinski definition) is 1. The van der Waals surface area contributed by atoms with Gasteiger partial charge in [-0.1, -0.05) is 29.8 Å². The van der Waals surface area contributed by atoms with Gasteiger partial charge in [-0.2, -0.15) is 0 Å². The number of hydrogen-bond acceptors (Lipinski definition) is 3. The van der Waals surface area contributed by atoms with Crippen LogP contribution in [0.2, 0.25) is 5.02 Å². The van der Waals surface area contributed by atoms with E-state index in [4.69, 9.17) is 21.1 Å². The van der Waals surface area contributed by atoms with Crippen LogP contribution in [0.1, 0.15) is 5.56 Å². The molecule has 0 unspecified atom stereocenters. The summed E-state index contributed by atoms with van der Waals surface area (Å²) in [5, 5.41) is 4.17. The first-order chi connectivity index (χ1) is 10.3. The fourth-order valence-corrected chi connectivity index (χ4v) is 2.07. The Balaban J connectivity index is 1.79. The Kier molecular flexibility index (Phi) is 6.38. The van der Waals surface area contributed by atoms with Crippen molar-refractivity contribution in [3.8, 4) is 5.75 Å². The van der Waals surface area contributed by atoms with E-state index >= 15 is 0 Å². The fourth-order valence-electron chi connectivity index (χ4n) is 1.94. The maximum Gasteiger partial charge on any atom is 0.121 e. The zero-order valence-corrected chi connectivity index (χ0v) is 12.9. The van der Waals surface area contributed by atoms with E-state index in [-0.39, 0.29) is 0 Å². The average molecular weight is 306 g/mol. The van der Waals surface area contributed by atoms with E-state index in [9.17, 15) is 0 Å². The standard InChI is InChI=1S/C17H20ClNO2/c1-20-11-12-21-17-4-2-3-16(13-17)19-10-9-14-5-7-15(18)8-6-14/h2-8,13,19H,9-12H2,1H3. The quantitative estimate of drug-likeness (QED) is 0.747. The van der Waals surface area contributed by atoms with Gasteiger partial charge in [-0.15, -0.1) is 0 Å². The average Bonchev–Trinajstić information content (AvgIpc) is 2.50. The molecule has 0 aliphatic carbocycles. The van der Waals surface area contributed by atoms with Crippen LogP contribution in [0, 0.1) is 0 Å². The Morgan fingerprint density at radius 3 is 2.62 bits per heavy atom. The second kappa shape index (κ2) is 8.55. The normalized spacial score (nSPS) is 10.4. The van der Waals surface area contributed by atoms with Crippen molar-refractivity contribution in [2.24, 2.45) is 0 Å². The summed E-state index contributed by atoms with van der Waals surface area (Å²) >= 11 is 5.87. The summed E-state index contributed by atoms with van der Waals surface area (Å²) in [5.74, 6) is 0.851. The Morgan fingerprint density at radius 2 is 1.86 bits per heavy atom. The van der Waals surface area contributed by atoms with Crippen LogP contribution >= 0.6 is 11.6 Å². The lowest BCUT2D eigenvalue weighted by Gasteiger charge is -2.10. The molecule has 0 radical (unpaired) electrons. The Bertz CT molecular complexity index is 543. The van der Waals surface area contributed by atoms with E-state index in [1.807, 2.05) is 48.5 Å². The number of methoxy groups -OCH3 is 1. The van der Waals surface area contributed by atoms with Crippen LogP contribution in [0.25, 0.3) is 0 Å². The van der Waals surface area contributed by atoms with Gasteiger partial charge in [0.2, 0.25) is 0 Å². The van der Waals surface area contributed by atoms with E-state index in [2.05, 4.69) is 5.32 Å². The summed E-state index contributed by atoms with van der Waals surface area (Å²) in [5.41, 5.74) is 2.32. The number of anilines is 1. The molecule has 0 fully saturated rings. The molecule has 2 rings (SSSR count). The molecule has 0 aromatic heterocycles. The molecule has 2 aromatic rings. The fraction of sp³-hybridized carbons (Fsp3) is 0.294. The van der Waals surface area contributed by atoms with Crippen molar-refractivity contribution in [2.45, 2.75) is 6.42 Å². The first-order valence-corrected chi connectivity index (χ1v) is 7.36. The van der Waals surface area contributed by atoms with E-state index in [1.165, 1.54) is 5.56 Å². The summed E-state index contributed by atoms with van der Waals surface area (Å²) in [6.45, 7) is 2.02. The lowest BCUT2D eigenvalue weighted by atomic mass is 10.1. The van der Waals surface area contributed by atoms with E-state index in [0.717, 1.165) is 29.4 Å². The number of rotatable bonds is 8. The smallest absolute Gasteiger partial charge is 0.121 e. The predicted molar refractivity (Wildman–Crippen MR) is 87.5 cm³/mol. The number of ether oxygens (including phenoxy) is 2. The molecule has 1 N–H and O–H groups in total. The molecular weight excluding hydrogens is 286 g/mol. The minimum Gasteiger partial charge on any atom is -0.491 e. The topological polar surface area (TPSA) is 30.5 Å². The van der Waals surface area contributed by atoms with Crippen molar-refractivity contribution in [3.05, 3.63) is 59.1 Å². The van der Waals surface area contributed by atoms with E-state index in [1.54, 1.807) is 7.11 Å². The molecule has 3 nitrogen and oxygen atoms in total. The minimum atomic E-state index is 0.560. The molecule has 0 amide bonds. The highest BCUT2D eigenvalue weighted by atomic mass is 35.5. The van der Waals surface area contributed by atoms with Gasteiger partial charge in [0.05, 0.1) is 6.61 Å². The van der Waals surface area contributed by atoms with Gasteiger partial charge in [-0.3, -0.25) is 0 Å². The maximum absolute atomic E-state index is 5.87. The van der Waals surface area contributed by atoms with Crippen LogP contribution in [0.5, 0.6) is 5.75 Å². The molecule has 0 atom stereocenters. The summed E-state index contributed by atoms with van der Waals surface area (Å²) in [7, 11) is 1.66. The molecule has 0 spiro atoms. The van der Waals surface area contributed by atoms with Gasteiger partial charge >= 0.3 is 0 Å². The molecule has 0 heterocycles. The van der Waals surface area contributed by atoms with Gasteiger partial charge in [-0.25, -0.2) is 0 Å². The molecule has 112 valence electrons. The third-order valence-electron chi connectivity index (χ3n) is 3.05. The second-order valence-electron chi connectivity index (χ2n) is 4.67. The van der Waals surface area contributed by atoms with Crippen LogP contribution in [0.4, 0.5) is 5.69 Å². The molecule has 0 saturated heterocycles. The highest BCUT2D eigenvalue weighted by Gasteiger charge is 1.98. The maximum atomic E-state index is 5.87. The molecular formula is C17H20ClNO2. The lowest BCUT2D eigenvalue weighted by molar-refractivity contribution is 0.146. The zero-order chi connectivity index (χ0) is 14.9. The van der Waals surface area contributed by atoms with E-state index < -0.39 is 0 Å². The van der Waals surface area contributed by atoms with Crippen LogP contribution < -0.4 is 10.1 Å². The predicted octanol–water partition coefficient (Wildman–Crippen LogP) is 4.02. The molecule has 0 aliphatic heterocycles. The highest BCUT2D eigenvalue weighted by Crippen LogP contribution is 2.17. The Hall–Kier alpha value is -1.71. The van der Waals surface area contributed by atoms with Crippen molar-refractivity contribution in [3.63, 3.8) is 0 Å². The van der Waals surface area contributed by atoms with E-state index in [0.29, 0.717) is 13.2 Å². The minimum absolute atomic E-state index is 0.560. The molecule has 0 aliphatic rings. The summed E-state index contributed by atoms with van der Waals surface area (Å²) in [4.78, 5) is 0. The van der Waals surface area contributed by atoms with Gasteiger partial charge in [0.25, 0.3) is 0 Å². The van der Waals surface area contributed by atoms with Crippen molar-refractivity contribution in [1.29, 1.82) is 0 Å². The SMILES string of the molecule is COCCOc1cccc(NCCc2ccc(Cl)cc2)c1. The molecule has 0 saturated carbocycles. The monoisotopic (exact) mass is 305 g/mol. The second-order valence-corrected chi connectivity index (χ2v) is 5.11. The highest BCUT2D eigenvalue weighted by molar-refractivity contribution is 6.30. The molecule has 21 heavy (non-hydrogen) atoms. The summed E-state index contributed by atoms with van der Waals surface area (Å²) in [6.07, 6.45) is 0.950. The number of halogens is 1. The van der Waals surface area contributed by atoms with Gasteiger partial charge in [0.1, 0.15) is 12.4 Å². The van der Waals surface area contributed by atoms with Crippen molar-refractivity contribution >= 4 is 17.3 Å². The zero-order valence-electron chi connectivity index (χ0n) is 12.1. The third kappa shape index (κ3) is 5.66. The third-order valence-corrected chi connectivity index (χ3v) is 3.30. The van der Waals surface area contributed by atoms with Gasteiger partial charge in [-0.05, 0) is 36.2 Å². The molecule has 0 bridgehead atoms. The first kappa shape index (κ1) is 15.7. The van der Waals surface area contributed by atoms with Gasteiger partial charge < -0.3 is 14.8 Å². The molecule has 4 heteroatoms. The van der Waals surface area contributed by atoms with Crippen molar-refractivity contribution < 1.29 is 9.47 Å². The van der Waals surface area contributed by atoms with Crippen LogP contribution in [-0.2, 0) is 11.2 Å². The summed E-state index contributed by atoms with van der Waals surface area (Å²) < 4.78 is 10.6.